The molecule has 3 rings (SSSR count). The number of carbonyl (C=O) groups is 2. The van der Waals surface area contributed by atoms with E-state index in [9.17, 15) is 9.59 Å². The zero-order valence-electron chi connectivity index (χ0n) is 11.8. The first-order valence-electron chi connectivity index (χ1n) is 7.01. The fraction of sp³-hybridized carbons (Fsp3) is 0.400. The predicted molar refractivity (Wildman–Crippen MR) is 77.0 cm³/mol. The van der Waals surface area contributed by atoms with Crippen LogP contribution in [-0.2, 0) is 11.8 Å². The number of rotatable bonds is 2. The van der Waals surface area contributed by atoms with E-state index in [0.717, 1.165) is 10.9 Å². The van der Waals surface area contributed by atoms with Gasteiger partial charge in [0.1, 0.15) is 0 Å². The van der Waals surface area contributed by atoms with Gasteiger partial charge in [0.25, 0.3) is 5.91 Å². The average Bonchev–Trinajstić information content (AvgIpc) is 2.84. The second kappa shape index (κ2) is 5.20. The van der Waals surface area contributed by atoms with Gasteiger partial charge in [-0.15, -0.1) is 0 Å². The molecule has 1 aliphatic heterocycles. The molecule has 0 saturated carbocycles. The van der Waals surface area contributed by atoms with Crippen LogP contribution in [0.2, 0.25) is 0 Å². The number of fused-ring (bicyclic) bond motifs is 1. The van der Waals surface area contributed by atoms with Gasteiger partial charge in [0.05, 0.1) is 11.4 Å². The van der Waals surface area contributed by atoms with Crippen LogP contribution in [0.5, 0.6) is 0 Å². The Hall–Kier alpha value is -2.37. The summed E-state index contributed by atoms with van der Waals surface area (Å²) in [6, 6.07) is 7.56. The Morgan fingerprint density at radius 3 is 2.86 bits per heavy atom. The third-order valence-corrected chi connectivity index (χ3v) is 4.02. The van der Waals surface area contributed by atoms with E-state index in [1.54, 1.807) is 16.6 Å². The summed E-state index contributed by atoms with van der Waals surface area (Å²) in [5.41, 5.74) is 1.30. The molecule has 110 valence electrons. The predicted octanol–water partition coefficient (Wildman–Crippen LogP) is 1.51. The smallest absolute Gasteiger partial charge is 0.308 e. The Morgan fingerprint density at radius 2 is 2.10 bits per heavy atom. The summed E-state index contributed by atoms with van der Waals surface area (Å²) in [4.78, 5) is 25.4. The fourth-order valence-corrected chi connectivity index (χ4v) is 2.88. The SMILES string of the molecule is Cn1nc(C(=O)N2CCC[C@@H](C(=O)O)C2)c2ccccc21. The number of para-hydroxylation sites is 1. The van der Waals surface area contributed by atoms with E-state index < -0.39 is 11.9 Å². The summed E-state index contributed by atoms with van der Waals surface area (Å²) < 4.78 is 1.68. The van der Waals surface area contributed by atoms with E-state index >= 15 is 0 Å². The monoisotopic (exact) mass is 287 g/mol. The number of aryl methyl sites for hydroxylation is 1. The Kier molecular flexibility index (Phi) is 3.37. The lowest BCUT2D eigenvalue weighted by Crippen LogP contribution is -2.42. The van der Waals surface area contributed by atoms with Crippen LogP contribution in [0.15, 0.2) is 24.3 Å². The van der Waals surface area contributed by atoms with Crippen LogP contribution >= 0.6 is 0 Å². The highest BCUT2D eigenvalue weighted by atomic mass is 16.4. The lowest BCUT2D eigenvalue weighted by Gasteiger charge is -2.30. The number of nitrogens with zero attached hydrogens (tertiary/aromatic N) is 3. The quantitative estimate of drug-likeness (QED) is 0.908. The number of hydrogen-bond acceptors (Lipinski definition) is 3. The lowest BCUT2D eigenvalue weighted by atomic mass is 9.98. The van der Waals surface area contributed by atoms with Crippen LogP contribution in [0.3, 0.4) is 0 Å². The molecule has 0 radical (unpaired) electrons. The zero-order chi connectivity index (χ0) is 15.0. The number of aromatic nitrogens is 2. The fourth-order valence-electron chi connectivity index (χ4n) is 2.88. The highest BCUT2D eigenvalue weighted by molar-refractivity contribution is 6.05. The van der Waals surface area contributed by atoms with Crippen molar-refractivity contribution >= 4 is 22.8 Å². The molecule has 0 unspecified atom stereocenters. The van der Waals surface area contributed by atoms with Gasteiger partial charge in [0.2, 0.25) is 0 Å². The Labute approximate surface area is 122 Å². The van der Waals surface area contributed by atoms with E-state index in [1.807, 2.05) is 24.3 Å². The first-order valence-corrected chi connectivity index (χ1v) is 7.01. The number of carboxylic acid groups (broad SMARTS) is 1. The van der Waals surface area contributed by atoms with Crippen LogP contribution in [0, 0.1) is 5.92 Å². The zero-order valence-corrected chi connectivity index (χ0v) is 11.8. The van der Waals surface area contributed by atoms with Gasteiger partial charge in [-0.25, -0.2) is 0 Å². The number of hydrogen-bond donors (Lipinski definition) is 1. The van der Waals surface area contributed by atoms with Crippen molar-refractivity contribution in [3.05, 3.63) is 30.0 Å². The largest absolute Gasteiger partial charge is 0.481 e. The lowest BCUT2D eigenvalue weighted by molar-refractivity contribution is -0.143. The van der Waals surface area contributed by atoms with Crippen molar-refractivity contribution in [2.75, 3.05) is 13.1 Å². The number of carbonyl (C=O) groups excluding carboxylic acids is 1. The van der Waals surface area contributed by atoms with Crippen LogP contribution in [0.4, 0.5) is 0 Å². The standard InChI is InChI=1S/C15H17N3O3/c1-17-12-7-3-2-6-11(12)13(16-17)14(19)18-8-4-5-10(9-18)15(20)21/h2-3,6-7,10H,4-5,8-9H2,1H3,(H,20,21)/t10-/m1/s1. The van der Waals surface area contributed by atoms with Crippen molar-refractivity contribution in [3.8, 4) is 0 Å². The Morgan fingerprint density at radius 1 is 1.33 bits per heavy atom. The highest BCUT2D eigenvalue weighted by Crippen LogP contribution is 2.22. The van der Waals surface area contributed by atoms with Crippen molar-refractivity contribution in [2.24, 2.45) is 13.0 Å². The summed E-state index contributed by atoms with van der Waals surface area (Å²) in [6.07, 6.45) is 1.34. The van der Waals surface area contributed by atoms with Crippen molar-refractivity contribution in [3.63, 3.8) is 0 Å². The molecule has 1 N–H and O–H groups in total. The third-order valence-electron chi connectivity index (χ3n) is 4.02. The summed E-state index contributed by atoms with van der Waals surface area (Å²) in [7, 11) is 1.80. The van der Waals surface area contributed by atoms with Gasteiger partial charge in [0.15, 0.2) is 5.69 Å². The minimum atomic E-state index is -0.835. The summed E-state index contributed by atoms with van der Waals surface area (Å²) >= 11 is 0. The maximum absolute atomic E-state index is 12.7. The first kappa shape index (κ1) is 13.6. The van der Waals surface area contributed by atoms with Gasteiger partial charge < -0.3 is 10.0 Å². The molecule has 0 aliphatic carbocycles. The normalized spacial score (nSPS) is 18.9. The van der Waals surface area contributed by atoms with Gasteiger partial charge in [0, 0.05) is 25.5 Å². The molecule has 6 heteroatoms. The minimum absolute atomic E-state index is 0.183. The van der Waals surface area contributed by atoms with Crippen molar-refractivity contribution < 1.29 is 14.7 Å². The topological polar surface area (TPSA) is 75.4 Å². The second-order valence-corrected chi connectivity index (χ2v) is 5.42. The number of benzene rings is 1. The molecule has 1 saturated heterocycles. The molecule has 21 heavy (non-hydrogen) atoms. The number of likely N-dealkylation sites (tertiary alicyclic amines) is 1. The first-order chi connectivity index (χ1) is 10.1. The van der Waals surface area contributed by atoms with E-state index in [0.29, 0.717) is 25.1 Å². The number of carboxylic acids is 1. The van der Waals surface area contributed by atoms with Crippen LogP contribution in [0.25, 0.3) is 10.9 Å². The summed E-state index contributed by atoms with van der Waals surface area (Å²) in [6.45, 7) is 0.854. The second-order valence-electron chi connectivity index (χ2n) is 5.42. The molecular weight excluding hydrogens is 270 g/mol. The third kappa shape index (κ3) is 2.37. The Balaban J connectivity index is 1.92. The molecular formula is C15H17N3O3. The molecule has 1 atom stereocenters. The van der Waals surface area contributed by atoms with E-state index in [4.69, 9.17) is 5.11 Å². The van der Waals surface area contributed by atoms with Gasteiger partial charge >= 0.3 is 5.97 Å². The number of piperidine rings is 1. The Bertz CT molecular complexity index is 707. The van der Waals surface area contributed by atoms with Gasteiger partial charge in [-0.2, -0.15) is 5.10 Å². The van der Waals surface area contributed by atoms with Crippen molar-refractivity contribution in [2.45, 2.75) is 12.8 Å². The van der Waals surface area contributed by atoms with Gasteiger partial charge in [-0.3, -0.25) is 14.3 Å². The molecule has 2 heterocycles. The van der Waals surface area contributed by atoms with Crippen LogP contribution < -0.4 is 0 Å². The molecule has 6 nitrogen and oxygen atoms in total. The van der Waals surface area contributed by atoms with Gasteiger partial charge in [-0.1, -0.05) is 18.2 Å². The van der Waals surface area contributed by atoms with Crippen LogP contribution in [-0.4, -0.2) is 44.8 Å². The number of amides is 1. The minimum Gasteiger partial charge on any atom is -0.481 e. The van der Waals surface area contributed by atoms with Gasteiger partial charge in [-0.05, 0) is 18.9 Å². The highest BCUT2D eigenvalue weighted by Gasteiger charge is 2.30. The molecule has 0 spiro atoms. The van der Waals surface area contributed by atoms with Crippen LogP contribution in [0.1, 0.15) is 23.3 Å². The molecule has 1 amide bonds. The van der Waals surface area contributed by atoms with E-state index in [-0.39, 0.29) is 12.5 Å². The maximum atomic E-state index is 12.7. The molecule has 1 aliphatic rings. The molecule has 1 aromatic carbocycles. The molecule has 1 fully saturated rings. The average molecular weight is 287 g/mol. The summed E-state index contributed by atoms with van der Waals surface area (Å²) in [5, 5.41) is 14.2. The molecule has 0 bridgehead atoms. The maximum Gasteiger partial charge on any atom is 0.308 e. The van der Waals surface area contributed by atoms with E-state index in [1.165, 1.54) is 0 Å². The molecule has 2 aromatic rings. The molecule has 1 aromatic heterocycles. The summed E-state index contributed by atoms with van der Waals surface area (Å²) in [5.74, 6) is -1.49. The van der Waals surface area contributed by atoms with Crippen molar-refractivity contribution in [1.29, 1.82) is 0 Å². The van der Waals surface area contributed by atoms with Crippen molar-refractivity contribution in [1.82, 2.24) is 14.7 Å². The number of aliphatic carboxylic acids is 1. The van der Waals surface area contributed by atoms with E-state index in [2.05, 4.69) is 5.10 Å².